The molecule has 0 fully saturated rings. The van der Waals surface area contributed by atoms with Crippen LogP contribution in [-0.2, 0) is 20.6 Å². The van der Waals surface area contributed by atoms with Gasteiger partial charge in [-0.1, -0.05) is 46.3 Å². The molecule has 182 valence electrons. The maximum atomic E-state index is 13.0. The molecule has 2 aromatic heterocycles. The number of nitrogens with zero attached hydrogens (tertiary/aromatic N) is 5. The summed E-state index contributed by atoms with van der Waals surface area (Å²) in [5, 5.41) is 15.0. The van der Waals surface area contributed by atoms with Crippen molar-refractivity contribution in [2.45, 2.75) is 19.6 Å². The average molecular weight is 541 g/mol. The molecule has 2 heterocycles. The van der Waals surface area contributed by atoms with E-state index < -0.39 is 17.4 Å². The van der Waals surface area contributed by atoms with E-state index in [1.807, 2.05) is 55.5 Å². The van der Waals surface area contributed by atoms with Crippen molar-refractivity contribution >= 4 is 39.3 Å². The number of halogens is 1. The first-order valence-corrected chi connectivity index (χ1v) is 11.6. The van der Waals surface area contributed by atoms with Gasteiger partial charge in [0.15, 0.2) is 11.2 Å². The Hall–Kier alpha value is -3.70. The molecular weight excluding hydrogens is 516 g/mol. The summed E-state index contributed by atoms with van der Waals surface area (Å²) in [7, 11) is 2.94. The summed E-state index contributed by atoms with van der Waals surface area (Å²) in [4.78, 5) is 29.8. The standard InChI is InChI=1S/C24H25BrN6O4/c1-15-6-4-5-7-19(15)35-14-18(32)13-31-20-21(29(2)24(34)30(3)22(20)33)27-23(31)28-26-12-16-8-10-17(25)11-9-16/h4-12,18,32H,13-14H2,1-3H3,(H,27,28). The molecule has 0 aliphatic heterocycles. The summed E-state index contributed by atoms with van der Waals surface area (Å²) in [5.41, 5.74) is 3.97. The van der Waals surface area contributed by atoms with Crippen LogP contribution in [0.15, 0.2) is 67.7 Å². The molecule has 0 aliphatic carbocycles. The third-order valence-corrected chi connectivity index (χ3v) is 6.04. The van der Waals surface area contributed by atoms with E-state index in [0.717, 1.165) is 20.2 Å². The number of ether oxygens (including phenoxy) is 1. The van der Waals surface area contributed by atoms with Gasteiger partial charge in [-0.15, -0.1) is 0 Å². The lowest BCUT2D eigenvalue weighted by Gasteiger charge is -2.16. The number of aliphatic hydroxyl groups is 1. The van der Waals surface area contributed by atoms with Crippen molar-refractivity contribution in [3.63, 3.8) is 0 Å². The van der Waals surface area contributed by atoms with Crippen molar-refractivity contribution in [2.24, 2.45) is 19.2 Å². The lowest BCUT2D eigenvalue weighted by molar-refractivity contribution is 0.0935. The number of nitrogens with one attached hydrogen (secondary N) is 1. The normalized spacial score (nSPS) is 12.4. The molecule has 2 aromatic carbocycles. The number of aliphatic hydroxyl groups excluding tert-OH is 1. The van der Waals surface area contributed by atoms with Crippen LogP contribution in [0.2, 0.25) is 0 Å². The number of anilines is 1. The van der Waals surface area contributed by atoms with E-state index in [-0.39, 0.29) is 30.3 Å². The molecule has 0 amide bonds. The number of hydrazone groups is 1. The van der Waals surface area contributed by atoms with E-state index in [1.165, 1.54) is 23.2 Å². The highest BCUT2D eigenvalue weighted by atomic mass is 79.9. The molecule has 0 bridgehead atoms. The van der Waals surface area contributed by atoms with Gasteiger partial charge in [0.1, 0.15) is 18.5 Å². The van der Waals surface area contributed by atoms with Gasteiger partial charge in [0.25, 0.3) is 5.56 Å². The van der Waals surface area contributed by atoms with Crippen molar-refractivity contribution in [2.75, 3.05) is 12.0 Å². The largest absolute Gasteiger partial charge is 0.491 e. The molecule has 0 saturated carbocycles. The number of para-hydroxylation sites is 1. The maximum Gasteiger partial charge on any atom is 0.332 e. The van der Waals surface area contributed by atoms with Gasteiger partial charge in [-0.05, 0) is 36.2 Å². The van der Waals surface area contributed by atoms with Crippen LogP contribution in [0.4, 0.5) is 5.95 Å². The third-order valence-electron chi connectivity index (χ3n) is 5.51. The quantitative estimate of drug-likeness (QED) is 0.262. The minimum atomic E-state index is -0.968. The van der Waals surface area contributed by atoms with Crippen LogP contribution in [0.1, 0.15) is 11.1 Å². The summed E-state index contributed by atoms with van der Waals surface area (Å²) in [6.45, 7) is 1.91. The van der Waals surface area contributed by atoms with Gasteiger partial charge in [-0.25, -0.2) is 10.2 Å². The smallest absolute Gasteiger partial charge is 0.332 e. The second-order valence-corrected chi connectivity index (χ2v) is 8.99. The molecule has 1 atom stereocenters. The Morgan fingerprint density at radius 3 is 2.57 bits per heavy atom. The van der Waals surface area contributed by atoms with Crippen LogP contribution in [-0.4, -0.2) is 42.7 Å². The number of fused-ring (bicyclic) bond motifs is 1. The first-order valence-electron chi connectivity index (χ1n) is 10.8. The molecule has 2 N–H and O–H groups in total. The van der Waals surface area contributed by atoms with Gasteiger partial charge >= 0.3 is 5.69 Å². The van der Waals surface area contributed by atoms with Gasteiger partial charge in [0.05, 0.1) is 12.8 Å². The van der Waals surface area contributed by atoms with Crippen molar-refractivity contribution < 1.29 is 9.84 Å². The lowest BCUT2D eigenvalue weighted by atomic mass is 10.2. The number of aromatic nitrogens is 4. The lowest BCUT2D eigenvalue weighted by Crippen LogP contribution is -2.38. The van der Waals surface area contributed by atoms with Crippen LogP contribution >= 0.6 is 15.9 Å². The summed E-state index contributed by atoms with van der Waals surface area (Å²) >= 11 is 3.39. The van der Waals surface area contributed by atoms with Gasteiger partial charge in [-0.3, -0.25) is 13.9 Å². The summed E-state index contributed by atoms with van der Waals surface area (Å²) < 4.78 is 10.5. The third kappa shape index (κ3) is 5.20. The first-order chi connectivity index (χ1) is 16.8. The number of hydrogen-bond acceptors (Lipinski definition) is 7. The molecule has 0 saturated heterocycles. The number of benzene rings is 2. The highest BCUT2D eigenvalue weighted by Crippen LogP contribution is 2.19. The van der Waals surface area contributed by atoms with Crippen LogP contribution in [0.3, 0.4) is 0 Å². The van der Waals surface area contributed by atoms with Crippen LogP contribution < -0.4 is 21.4 Å². The van der Waals surface area contributed by atoms with E-state index in [4.69, 9.17) is 4.74 Å². The highest BCUT2D eigenvalue weighted by molar-refractivity contribution is 9.10. The van der Waals surface area contributed by atoms with Crippen molar-refractivity contribution in [1.29, 1.82) is 0 Å². The van der Waals surface area contributed by atoms with Crippen LogP contribution in [0.25, 0.3) is 11.2 Å². The van der Waals surface area contributed by atoms with Crippen LogP contribution in [0.5, 0.6) is 5.75 Å². The molecule has 0 aliphatic rings. The Balaban J connectivity index is 1.66. The van der Waals surface area contributed by atoms with Crippen LogP contribution in [0, 0.1) is 6.92 Å². The minimum absolute atomic E-state index is 0.00178. The number of hydrogen-bond donors (Lipinski definition) is 2. The molecule has 11 heteroatoms. The second kappa shape index (κ2) is 10.3. The fourth-order valence-electron chi connectivity index (χ4n) is 3.59. The Morgan fingerprint density at radius 1 is 1.14 bits per heavy atom. The first kappa shape index (κ1) is 24.4. The number of rotatable bonds is 8. The SMILES string of the molecule is Cc1ccccc1OCC(O)Cn1c(NN=Cc2ccc(Br)cc2)nc2c1c(=O)n(C)c(=O)n2C. The van der Waals surface area contributed by atoms with Crippen molar-refractivity contribution in [1.82, 2.24) is 18.7 Å². The molecule has 35 heavy (non-hydrogen) atoms. The number of aryl methyl sites for hydroxylation is 2. The zero-order chi connectivity index (χ0) is 25.1. The van der Waals surface area contributed by atoms with Gasteiger partial charge < -0.3 is 14.4 Å². The maximum absolute atomic E-state index is 13.0. The van der Waals surface area contributed by atoms with Gasteiger partial charge in [0, 0.05) is 18.6 Å². The summed E-state index contributed by atoms with van der Waals surface area (Å²) in [6.07, 6.45) is 0.635. The highest BCUT2D eigenvalue weighted by Gasteiger charge is 2.21. The van der Waals surface area contributed by atoms with Crippen molar-refractivity contribution in [3.05, 3.63) is 85.0 Å². The molecule has 0 radical (unpaired) electrons. The minimum Gasteiger partial charge on any atom is -0.491 e. The molecule has 1 unspecified atom stereocenters. The van der Waals surface area contributed by atoms with E-state index in [9.17, 15) is 14.7 Å². The molecular formula is C24H25BrN6O4. The van der Waals surface area contributed by atoms with E-state index in [0.29, 0.717) is 5.75 Å². The Kier molecular flexibility index (Phi) is 7.17. The summed E-state index contributed by atoms with van der Waals surface area (Å²) in [5.74, 6) is 0.874. The zero-order valence-electron chi connectivity index (χ0n) is 19.5. The fraction of sp³-hybridized carbons (Fsp3) is 0.250. The van der Waals surface area contributed by atoms with Crippen molar-refractivity contribution in [3.8, 4) is 5.75 Å². The monoisotopic (exact) mass is 540 g/mol. The van der Waals surface area contributed by atoms with Gasteiger partial charge in [0.2, 0.25) is 5.95 Å². The Labute approximate surface area is 209 Å². The zero-order valence-corrected chi connectivity index (χ0v) is 21.1. The fourth-order valence-corrected chi connectivity index (χ4v) is 3.86. The number of imidazole rings is 1. The molecule has 10 nitrogen and oxygen atoms in total. The predicted octanol–water partition coefficient (Wildman–Crippen LogP) is 2.39. The molecule has 0 spiro atoms. The summed E-state index contributed by atoms with van der Waals surface area (Å²) in [6, 6.07) is 15.0. The second-order valence-electron chi connectivity index (χ2n) is 8.08. The Bertz CT molecular complexity index is 1500. The molecule has 4 aromatic rings. The Morgan fingerprint density at radius 2 is 1.86 bits per heavy atom. The van der Waals surface area contributed by atoms with Gasteiger partial charge in [-0.2, -0.15) is 10.1 Å². The topological polar surface area (TPSA) is 116 Å². The molecule has 4 rings (SSSR count). The van der Waals surface area contributed by atoms with E-state index >= 15 is 0 Å². The average Bonchev–Trinajstić information content (AvgIpc) is 3.20. The predicted molar refractivity (Wildman–Crippen MR) is 138 cm³/mol. The van der Waals surface area contributed by atoms with E-state index in [2.05, 4.69) is 31.4 Å². The van der Waals surface area contributed by atoms with E-state index in [1.54, 1.807) is 6.21 Å².